The van der Waals surface area contributed by atoms with Crippen molar-refractivity contribution in [3.63, 3.8) is 0 Å². The molecule has 0 aromatic carbocycles. The molecule has 0 aliphatic heterocycles. The van der Waals surface area contributed by atoms with Crippen LogP contribution >= 0.6 is 0 Å². The summed E-state index contributed by atoms with van der Waals surface area (Å²) < 4.78 is 10.8. The lowest BCUT2D eigenvalue weighted by atomic mass is 10.0. The molecule has 0 amide bonds. The van der Waals surface area contributed by atoms with Gasteiger partial charge in [0.1, 0.15) is 6.61 Å². The number of unbranched alkanes of at least 4 members (excludes halogenated alkanes) is 43. The molecule has 0 spiro atoms. The highest BCUT2D eigenvalue weighted by molar-refractivity contribution is 5.70. The maximum absolute atomic E-state index is 12.4. The molecular weight excluding hydrogens is 981 g/mol. The van der Waals surface area contributed by atoms with E-state index in [1.165, 1.54) is 257 Å². The summed E-state index contributed by atoms with van der Waals surface area (Å²) in [4.78, 5) is 24.7. The van der Waals surface area contributed by atoms with Crippen LogP contribution in [0, 0.1) is 0 Å². The van der Waals surface area contributed by atoms with Crippen LogP contribution in [0.3, 0.4) is 0 Å². The second-order valence-electron chi connectivity index (χ2n) is 23.6. The van der Waals surface area contributed by atoms with Crippen LogP contribution in [0.15, 0.2) is 85.1 Å². The van der Waals surface area contributed by atoms with Crippen LogP contribution in [0.4, 0.5) is 0 Å². The molecule has 0 saturated heterocycles. The minimum atomic E-state index is -0.776. The fourth-order valence-electron chi connectivity index (χ4n) is 10.4. The summed E-state index contributed by atoms with van der Waals surface area (Å²) in [5.74, 6) is -0.577. The van der Waals surface area contributed by atoms with Gasteiger partial charge in [-0.3, -0.25) is 9.59 Å². The highest BCUT2D eigenvalue weighted by Crippen LogP contribution is 2.18. The molecule has 5 heteroatoms. The van der Waals surface area contributed by atoms with Gasteiger partial charge in [0.25, 0.3) is 0 Å². The number of hydrogen-bond donors (Lipinski definition) is 1. The zero-order valence-electron chi connectivity index (χ0n) is 53.3. The SMILES string of the molecule is CC/C=C\C/C=C\C/C=C\C/C=C\C/C=C\CCCCCCCCCCCCCCCC(=O)OC(CO)COC(=O)CCCCCCCCCCCCCCCCCCCCCCCCCCC/C=C\C/C=C\CCCCCCC. The lowest BCUT2D eigenvalue weighted by molar-refractivity contribution is -0.161. The summed E-state index contributed by atoms with van der Waals surface area (Å²) in [5, 5.41) is 9.70. The summed E-state index contributed by atoms with van der Waals surface area (Å²) in [6.45, 7) is 4.06. The average Bonchev–Trinajstić information content (AvgIpc) is 3.46. The fourth-order valence-corrected chi connectivity index (χ4v) is 10.4. The van der Waals surface area contributed by atoms with Crippen molar-refractivity contribution in [3.8, 4) is 0 Å². The van der Waals surface area contributed by atoms with E-state index in [4.69, 9.17) is 9.47 Å². The molecule has 464 valence electrons. The number of allylic oxidation sites excluding steroid dienone is 14. The van der Waals surface area contributed by atoms with Crippen LogP contribution in [-0.4, -0.2) is 36.4 Å². The van der Waals surface area contributed by atoms with Crippen molar-refractivity contribution >= 4 is 11.9 Å². The van der Waals surface area contributed by atoms with E-state index in [9.17, 15) is 14.7 Å². The third-order valence-corrected chi connectivity index (χ3v) is 15.7. The molecule has 0 aliphatic rings. The largest absolute Gasteiger partial charge is 0.462 e. The van der Waals surface area contributed by atoms with Crippen molar-refractivity contribution in [2.75, 3.05) is 13.2 Å². The number of rotatable bonds is 65. The molecular formula is C75H134O5. The molecule has 0 heterocycles. The van der Waals surface area contributed by atoms with E-state index in [1.807, 2.05) is 0 Å². The Morgan fingerprint density at radius 2 is 0.537 bits per heavy atom. The van der Waals surface area contributed by atoms with Gasteiger partial charge in [-0.1, -0.05) is 343 Å². The third-order valence-electron chi connectivity index (χ3n) is 15.7. The monoisotopic (exact) mass is 1120 g/mol. The predicted molar refractivity (Wildman–Crippen MR) is 353 cm³/mol. The van der Waals surface area contributed by atoms with Crippen molar-refractivity contribution in [1.82, 2.24) is 0 Å². The van der Waals surface area contributed by atoms with Gasteiger partial charge >= 0.3 is 11.9 Å². The van der Waals surface area contributed by atoms with Crippen LogP contribution in [0.2, 0.25) is 0 Å². The first-order valence-corrected chi connectivity index (χ1v) is 35.1. The predicted octanol–water partition coefficient (Wildman–Crippen LogP) is 24.4. The molecule has 0 fully saturated rings. The topological polar surface area (TPSA) is 72.8 Å². The van der Waals surface area contributed by atoms with E-state index in [0.717, 1.165) is 77.0 Å². The van der Waals surface area contributed by atoms with E-state index in [0.29, 0.717) is 12.8 Å². The smallest absolute Gasteiger partial charge is 0.306 e. The van der Waals surface area contributed by atoms with Gasteiger partial charge in [0.05, 0.1) is 6.61 Å². The van der Waals surface area contributed by atoms with Crippen LogP contribution in [0.25, 0.3) is 0 Å². The number of esters is 2. The molecule has 5 nitrogen and oxygen atoms in total. The minimum Gasteiger partial charge on any atom is -0.462 e. The Kier molecular flexibility index (Phi) is 67.8. The van der Waals surface area contributed by atoms with Crippen LogP contribution in [0.5, 0.6) is 0 Å². The quantitative estimate of drug-likeness (QED) is 0.0373. The second kappa shape index (κ2) is 70.3. The van der Waals surface area contributed by atoms with Crippen molar-refractivity contribution in [3.05, 3.63) is 85.1 Å². The Bertz CT molecular complexity index is 1450. The lowest BCUT2D eigenvalue weighted by Crippen LogP contribution is -2.28. The van der Waals surface area contributed by atoms with Gasteiger partial charge in [-0.15, -0.1) is 0 Å². The Morgan fingerprint density at radius 3 is 0.812 bits per heavy atom. The van der Waals surface area contributed by atoms with E-state index in [2.05, 4.69) is 98.9 Å². The Labute approximate surface area is 498 Å². The third kappa shape index (κ3) is 67.6. The zero-order chi connectivity index (χ0) is 57.6. The first-order valence-electron chi connectivity index (χ1n) is 35.1. The fraction of sp³-hybridized carbons (Fsp3) is 0.787. The van der Waals surface area contributed by atoms with E-state index < -0.39 is 6.10 Å². The highest BCUT2D eigenvalue weighted by Gasteiger charge is 2.16. The van der Waals surface area contributed by atoms with Crippen molar-refractivity contribution in [1.29, 1.82) is 0 Å². The Balaban J connectivity index is 3.41. The standard InChI is InChI=1S/C75H134O5/c1-3-5-7-9-11-13-15-17-19-21-23-25-27-29-31-33-34-35-36-37-38-39-40-42-43-45-47-49-51-53-55-57-59-61-63-65-67-69-74(77)79-72-73(71-76)80-75(78)70-68-66-64-62-60-58-56-54-52-50-48-46-44-41-32-30-28-26-24-22-20-18-16-14-12-10-8-6-4-2/h6,8,12,14-15,17-18,20-21,23-24,26,30,32,73,76H,3-5,7,9-11,13,16,19,22,25,27-29,31,33-72H2,1-2H3/b8-6-,14-12-,17-15-,20-18-,23-21-,26-24-,32-30-. The Morgan fingerprint density at radius 1 is 0.300 bits per heavy atom. The summed E-state index contributed by atoms with van der Waals surface area (Å²) in [7, 11) is 0. The van der Waals surface area contributed by atoms with E-state index in [1.54, 1.807) is 0 Å². The molecule has 80 heavy (non-hydrogen) atoms. The average molecular weight is 1120 g/mol. The van der Waals surface area contributed by atoms with Crippen molar-refractivity contribution in [2.45, 2.75) is 367 Å². The number of aliphatic hydroxyl groups is 1. The van der Waals surface area contributed by atoms with Gasteiger partial charge < -0.3 is 14.6 Å². The van der Waals surface area contributed by atoms with Crippen LogP contribution in [-0.2, 0) is 19.1 Å². The van der Waals surface area contributed by atoms with E-state index >= 15 is 0 Å². The van der Waals surface area contributed by atoms with Gasteiger partial charge in [-0.05, 0) is 89.9 Å². The minimum absolute atomic E-state index is 0.0648. The summed E-state index contributed by atoms with van der Waals surface area (Å²) in [6, 6.07) is 0. The molecule has 0 aliphatic carbocycles. The zero-order valence-corrected chi connectivity index (χ0v) is 53.3. The van der Waals surface area contributed by atoms with E-state index in [-0.39, 0.29) is 25.2 Å². The van der Waals surface area contributed by atoms with Gasteiger partial charge in [-0.25, -0.2) is 0 Å². The van der Waals surface area contributed by atoms with Gasteiger partial charge in [0.2, 0.25) is 0 Å². The molecule has 1 atom stereocenters. The normalized spacial score (nSPS) is 12.7. The Hall–Kier alpha value is -2.92. The number of aliphatic hydroxyl groups excluding tert-OH is 1. The summed E-state index contributed by atoms with van der Waals surface area (Å²) in [5.41, 5.74) is 0. The van der Waals surface area contributed by atoms with Crippen molar-refractivity contribution in [2.24, 2.45) is 0 Å². The van der Waals surface area contributed by atoms with Gasteiger partial charge in [0.15, 0.2) is 6.10 Å². The number of carbonyl (C=O) groups excluding carboxylic acids is 2. The molecule has 1 N–H and O–H groups in total. The van der Waals surface area contributed by atoms with Crippen molar-refractivity contribution < 1.29 is 24.2 Å². The molecule has 0 saturated carbocycles. The molecule has 0 aromatic rings. The molecule has 0 aromatic heterocycles. The maximum Gasteiger partial charge on any atom is 0.306 e. The number of carbonyl (C=O) groups is 2. The van der Waals surface area contributed by atoms with Gasteiger partial charge in [-0.2, -0.15) is 0 Å². The van der Waals surface area contributed by atoms with Crippen LogP contribution in [0.1, 0.15) is 361 Å². The number of ether oxygens (including phenoxy) is 2. The lowest BCUT2D eigenvalue weighted by Gasteiger charge is -2.15. The summed E-state index contributed by atoms with van der Waals surface area (Å²) >= 11 is 0. The second-order valence-corrected chi connectivity index (χ2v) is 23.6. The maximum atomic E-state index is 12.4. The molecule has 0 radical (unpaired) electrons. The molecule has 0 bridgehead atoms. The van der Waals surface area contributed by atoms with Gasteiger partial charge in [0, 0.05) is 12.8 Å². The summed E-state index contributed by atoms with van der Waals surface area (Å²) in [6.07, 6.45) is 99.1. The first-order chi connectivity index (χ1) is 39.6. The first kappa shape index (κ1) is 77.1. The van der Waals surface area contributed by atoms with Crippen LogP contribution < -0.4 is 0 Å². The number of hydrogen-bond acceptors (Lipinski definition) is 5. The highest BCUT2D eigenvalue weighted by atomic mass is 16.6. The molecule has 0 rings (SSSR count). The molecule has 1 unspecified atom stereocenters.